The lowest BCUT2D eigenvalue weighted by Crippen LogP contribution is -2.51. The van der Waals surface area contributed by atoms with Crippen LogP contribution in [0.1, 0.15) is 61.8 Å². The molecule has 2 fully saturated rings. The molecular weight excluding hydrogens is 256 g/mol. The van der Waals surface area contributed by atoms with Gasteiger partial charge in [-0.3, -0.25) is 4.90 Å². The molecule has 2 aliphatic rings. The summed E-state index contributed by atoms with van der Waals surface area (Å²) in [7, 11) is 0. The van der Waals surface area contributed by atoms with Crippen LogP contribution in [0.25, 0.3) is 0 Å². The van der Waals surface area contributed by atoms with Crippen molar-refractivity contribution in [2.24, 2.45) is 0 Å². The van der Waals surface area contributed by atoms with E-state index in [0.717, 1.165) is 12.1 Å². The van der Waals surface area contributed by atoms with Gasteiger partial charge in [0.25, 0.3) is 0 Å². The Labute approximate surface area is 129 Å². The zero-order valence-corrected chi connectivity index (χ0v) is 13.9. The van der Waals surface area contributed by atoms with Crippen LogP contribution < -0.4 is 5.32 Å². The van der Waals surface area contributed by atoms with E-state index in [1.54, 1.807) is 0 Å². The van der Waals surface area contributed by atoms with Crippen LogP contribution in [0.15, 0.2) is 18.2 Å². The molecule has 3 atom stereocenters. The molecular formula is C19H30N2. The average Bonchev–Trinajstić information content (AvgIpc) is 3.01. The van der Waals surface area contributed by atoms with Gasteiger partial charge in [0.2, 0.25) is 0 Å². The van der Waals surface area contributed by atoms with Crippen molar-refractivity contribution in [1.29, 1.82) is 0 Å². The van der Waals surface area contributed by atoms with E-state index in [1.807, 2.05) is 0 Å². The lowest BCUT2D eigenvalue weighted by Gasteiger charge is -2.43. The maximum atomic E-state index is 3.74. The summed E-state index contributed by atoms with van der Waals surface area (Å²) in [5.74, 6) is 0. The van der Waals surface area contributed by atoms with Crippen molar-refractivity contribution in [2.75, 3.05) is 13.1 Å². The molecule has 2 saturated heterocycles. The summed E-state index contributed by atoms with van der Waals surface area (Å²) >= 11 is 0. The van der Waals surface area contributed by atoms with Gasteiger partial charge in [0.15, 0.2) is 0 Å². The van der Waals surface area contributed by atoms with Gasteiger partial charge in [0.1, 0.15) is 0 Å². The van der Waals surface area contributed by atoms with Gasteiger partial charge in [0, 0.05) is 18.1 Å². The van der Waals surface area contributed by atoms with Crippen molar-refractivity contribution in [3.8, 4) is 0 Å². The standard InChI is InChI=1S/C19H30N2/c1-14-9-10-17(15(2)13-14)16(3)21-12-5-4-8-19(21)18-7-6-11-20-18/h9-10,13,16,18-20H,4-8,11-12H2,1-3H3. The number of rotatable bonds is 3. The first kappa shape index (κ1) is 15.1. The second-order valence-electron chi connectivity index (χ2n) is 7.04. The van der Waals surface area contributed by atoms with Crippen LogP contribution in [-0.2, 0) is 0 Å². The minimum absolute atomic E-state index is 0.540. The van der Waals surface area contributed by atoms with Gasteiger partial charge in [0.05, 0.1) is 0 Å². The normalized spacial score (nSPS) is 28.7. The van der Waals surface area contributed by atoms with E-state index < -0.39 is 0 Å². The molecule has 2 aliphatic heterocycles. The zero-order valence-electron chi connectivity index (χ0n) is 13.9. The van der Waals surface area contributed by atoms with E-state index in [-0.39, 0.29) is 0 Å². The molecule has 1 aromatic rings. The zero-order chi connectivity index (χ0) is 14.8. The van der Waals surface area contributed by atoms with Crippen molar-refractivity contribution in [3.63, 3.8) is 0 Å². The molecule has 2 heteroatoms. The summed E-state index contributed by atoms with van der Waals surface area (Å²) in [6, 6.07) is 8.95. The molecule has 1 aromatic carbocycles. The maximum absolute atomic E-state index is 3.74. The van der Waals surface area contributed by atoms with Gasteiger partial charge < -0.3 is 5.32 Å². The molecule has 1 N–H and O–H groups in total. The van der Waals surface area contributed by atoms with Crippen molar-refractivity contribution in [3.05, 3.63) is 34.9 Å². The first-order chi connectivity index (χ1) is 10.2. The molecule has 0 aromatic heterocycles. The first-order valence-corrected chi connectivity index (χ1v) is 8.73. The number of likely N-dealkylation sites (tertiary alicyclic amines) is 1. The SMILES string of the molecule is Cc1ccc(C(C)N2CCCCC2C2CCCN2)c(C)c1. The lowest BCUT2D eigenvalue weighted by molar-refractivity contribution is 0.0800. The Hall–Kier alpha value is -0.860. The van der Waals surface area contributed by atoms with Gasteiger partial charge in [-0.05, 0) is 70.7 Å². The van der Waals surface area contributed by atoms with Crippen LogP contribution in [0.2, 0.25) is 0 Å². The average molecular weight is 286 g/mol. The molecule has 0 spiro atoms. The van der Waals surface area contributed by atoms with E-state index >= 15 is 0 Å². The fourth-order valence-electron chi connectivity index (χ4n) is 4.41. The molecule has 0 saturated carbocycles. The molecule has 0 amide bonds. The van der Waals surface area contributed by atoms with Gasteiger partial charge in [-0.15, -0.1) is 0 Å². The van der Waals surface area contributed by atoms with E-state index in [0.29, 0.717) is 6.04 Å². The number of piperidine rings is 1. The van der Waals surface area contributed by atoms with Crippen molar-refractivity contribution in [2.45, 2.75) is 71.0 Å². The summed E-state index contributed by atoms with van der Waals surface area (Å²) in [6.07, 6.45) is 6.85. The minimum atomic E-state index is 0.540. The molecule has 3 unspecified atom stereocenters. The highest BCUT2D eigenvalue weighted by Gasteiger charge is 2.34. The molecule has 21 heavy (non-hydrogen) atoms. The molecule has 0 radical (unpaired) electrons. The molecule has 0 bridgehead atoms. The number of hydrogen-bond acceptors (Lipinski definition) is 2. The van der Waals surface area contributed by atoms with Crippen molar-refractivity contribution >= 4 is 0 Å². The number of nitrogens with one attached hydrogen (secondary N) is 1. The van der Waals surface area contributed by atoms with Gasteiger partial charge in [-0.2, -0.15) is 0 Å². The highest BCUT2D eigenvalue weighted by molar-refractivity contribution is 5.32. The molecule has 116 valence electrons. The lowest BCUT2D eigenvalue weighted by atomic mass is 9.90. The van der Waals surface area contributed by atoms with Gasteiger partial charge in [-0.1, -0.05) is 30.2 Å². The third-order valence-electron chi connectivity index (χ3n) is 5.53. The highest BCUT2D eigenvalue weighted by atomic mass is 15.2. The van der Waals surface area contributed by atoms with Crippen molar-refractivity contribution in [1.82, 2.24) is 10.2 Å². The monoisotopic (exact) mass is 286 g/mol. The fourth-order valence-corrected chi connectivity index (χ4v) is 4.41. The van der Waals surface area contributed by atoms with E-state index in [2.05, 4.69) is 49.2 Å². The van der Waals surface area contributed by atoms with Crippen molar-refractivity contribution < 1.29 is 0 Å². The van der Waals surface area contributed by atoms with E-state index in [4.69, 9.17) is 0 Å². The Morgan fingerprint density at radius 2 is 2.00 bits per heavy atom. The molecule has 3 rings (SSSR count). The summed E-state index contributed by atoms with van der Waals surface area (Å²) in [4.78, 5) is 2.78. The summed E-state index contributed by atoms with van der Waals surface area (Å²) in [6.45, 7) is 9.34. The Morgan fingerprint density at radius 1 is 1.14 bits per heavy atom. The van der Waals surface area contributed by atoms with E-state index in [1.165, 1.54) is 61.9 Å². The Kier molecular flexibility index (Phi) is 4.66. The third-order valence-corrected chi connectivity index (χ3v) is 5.53. The third kappa shape index (κ3) is 3.17. The maximum Gasteiger partial charge on any atom is 0.0326 e. The fraction of sp³-hybridized carbons (Fsp3) is 0.684. The van der Waals surface area contributed by atoms with Gasteiger partial charge >= 0.3 is 0 Å². The number of aryl methyl sites for hydroxylation is 2. The van der Waals surface area contributed by atoms with Crippen LogP contribution >= 0.6 is 0 Å². The summed E-state index contributed by atoms with van der Waals surface area (Å²) in [5.41, 5.74) is 4.34. The van der Waals surface area contributed by atoms with Crippen LogP contribution in [-0.4, -0.2) is 30.1 Å². The first-order valence-electron chi connectivity index (χ1n) is 8.73. The van der Waals surface area contributed by atoms with Crippen LogP contribution in [0, 0.1) is 13.8 Å². The predicted octanol–water partition coefficient (Wildman–Crippen LogP) is 3.97. The molecule has 0 aliphatic carbocycles. The summed E-state index contributed by atoms with van der Waals surface area (Å²) < 4.78 is 0. The van der Waals surface area contributed by atoms with Crippen LogP contribution in [0.5, 0.6) is 0 Å². The summed E-state index contributed by atoms with van der Waals surface area (Å²) in [5, 5.41) is 3.74. The second-order valence-corrected chi connectivity index (χ2v) is 7.04. The Bertz CT molecular complexity index is 476. The Morgan fingerprint density at radius 3 is 2.71 bits per heavy atom. The predicted molar refractivity (Wildman–Crippen MR) is 89.7 cm³/mol. The quantitative estimate of drug-likeness (QED) is 0.904. The molecule has 2 heterocycles. The molecule has 2 nitrogen and oxygen atoms in total. The number of benzene rings is 1. The van der Waals surface area contributed by atoms with Crippen LogP contribution in [0.3, 0.4) is 0 Å². The second kappa shape index (κ2) is 6.50. The Balaban J connectivity index is 1.81. The highest BCUT2D eigenvalue weighted by Crippen LogP contribution is 2.33. The van der Waals surface area contributed by atoms with Crippen LogP contribution in [0.4, 0.5) is 0 Å². The number of hydrogen-bond donors (Lipinski definition) is 1. The topological polar surface area (TPSA) is 15.3 Å². The van der Waals surface area contributed by atoms with Gasteiger partial charge in [-0.25, -0.2) is 0 Å². The van der Waals surface area contributed by atoms with E-state index in [9.17, 15) is 0 Å². The number of nitrogens with zero attached hydrogens (tertiary/aromatic N) is 1. The minimum Gasteiger partial charge on any atom is -0.312 e. The largest absolute Gasteiger partial charge is 0.312 e. The smallest absolute Gasteiger partial charge is 0.0326 e.